The first-order valence-corrected chi connectivity index (χ1v) is 13.5. The lowest BCUT2D eigenvalue weighted by Gasteiger charge is -2.37. The lowest BCUT2D eigenvalue weighted by Crippen LogP contribution is -2.46. The number of likely N-dealkylation sites (tertiary alicyclic amines) is 1. The number of amides is 1. The summed E-state index contributed by atoms with van der Waals surface area (Å²) in [5, 5.41) is 2.69. The highest BCUT2D eigenvalue weighted by Gasteiger charge is 2.27. The lowest BCUT2D eigenvalue weighted by molar-refractivity contribution is -0.143. The Bertz CT molecular complexity index is 1130. The third kappa shape index (κ3) is 7.75. The van der Waals surface area contributed by atoms with E-state index in [4.69, 9.17) is 9.47 Å². The van der Waals surface area contributed by atoms with Gasteiger partial charge < -0.3 is 14.8 Å². The fourth-order valence-electron chi connectivity index (χ4n) is 4.87. The summed E-state index contributed by atoms with van der Waals surface area (Å²) in [5.74, 6) is -0.993. The Morgan fingerprint density at radius 1 is 1.11 bits per heavy atom. The van der Waals surface area contributed by atoms with Crippen molar-refractivity contribution in [2.45, 2.75) is 78.7 Å². The minimum Gasteiger partial charge on any atom is -0.466 e. The van der Waals surface area contributed by atoms with E-state index in [1.807, 2.05) is 6.07 Å². The molecule has 2 aromatic carbocycles. The average molecular weight is 531 g/mol. The Kier molecular flexibility index (Phi) is 9.36. The van der Waals surface area contributed by atoms with Crippen molar-refractivity contribution in [3.63, 3.8) is 0 Å². The second-order valence-electron chi connectivity index (χ2n) is 11.0. The van der Waals surface area contributed by atoms with Crippen LogP contribution in [0, 0.1) is 26.6 Å². The highest BCUT2D eigenvalue weighted by atomic mass is 31.0. The molecule has 0 bridgehead atoms. The van der Waals surface area contributed by atoms with Crippen LogP contribution >= 0.6 is 9.24 Å². The molecule has 37 heavy (non-hydrogen) atoms. The number of alkyl carbamates (subject to hydrolysis) is 1. The van der Waals surface area contributed by atoms with Crippen LogP contribution in [-0.2, 0) is 20.8 Å². The number of carbonyl (C=O) groups is 2. The van der Waals surface area contributed by atoms with E-state index in [2.05, 4.69) is 45.4 Å². The van der Waals surface area contributed by atoms with Gasteiger partial charge in [-0.2, -0.15) is 0 Å². The average Bonchev–Trinajstić information content (AvgIpc) is 2.73. The number of nitrogens with one attached hydrogen (secondary N) is 1. The lowest BCUT2D eigenvalue weighted by atomic mass is 9.89. The molecular formula is C29H40FN2O4P. The van der Waals surface area contributed by atoms with Gasteiger partial charge in [0, 0.05) is 25.2 Å². The van der Waals surface area contributed by atoms with Crippen molar-refractivity contribution in [1.29, 1.82) is 0 Å². The summed E-state index contributed by atoms with van der Waals surface area (Å²) in [7, 11) is 2.87. The van der Waals surface area contributed by atoms with Gasteiger partial charge in [0.05, 0.1) is 19.1 Å². The van der Waals surface area contributed by atoms with E-state index < -0.39 is 29.5 Å². The molecule has 1 N–H and O–H groups in total. The number of hydrogen-bond acceptors (Lipinski definition) is 5. The van der Waals surface area contributed by atoms with Gasteiger partial charge in [0.2, 0.25) is 0 Å². The number of esters is 1. The third-order valence-electron chi connectivity index (χ3n) is 6.30. The highest BCUT2D eigenvalue weighted by Crippen LogP contribution is 2.34. The van der Waals surface area contributed by atoms with Crippen LogP contribution in [0.4, 0.5) is 9.18 Å². The molecule has 8 heteroatoms. The number of ether oxygens (including phenoxy) is 2. The van der Waals surface area contributed by atoms with Crippen LogP contribution in [0.25, 0.3) is 11.1 Å². The first kappa shape index (κ1) is 29.1. The molecule has 1 fully saturated rings. The van der Waals surface area contributed by atoms with Crippen molar-refractivity contribution in [1.82, 2.24) is 10.2 Å². The molecule has 0 aliphatic carbocycles. The van der Waals surface area contributed by atoms with Crippen LogP contribution in [-0.4, -0.2) is 47.9 Å². The van der Waals surface area contributed by atoms with Crippen molar-refractivity contribution in [2.75, 3.05) is 19.7 Å². The maximum Gasteiger partial charge on any atom is 0.408 e. The fourth-order valence-corrected chi connectivity index (χ4v) is 5.46. The number of aryl methyl sites for hydroxylation is 3. The second kappa shape index (κ2) is 11.9. The molecule has 2 aromatic rings. The van der Waals surface area contributed by atoms with Gasteiger partial charge in [-0.25, -0.2) is 9.18 Å². The molecule has 0 radical (unpaired) electrons. The Morgan fingerprint density at radius 3 is 2.27 bits per heavy atom. The van der Waals surface area contributed by atoms with Crippen molar-refractivity contribution < 1.29 is 23.5 Å². The SMILES string of the molecule is CCOC(=O)C[C@H](NC(=O)OC(C)(C)C)c1cc(-c2c(C)cc(CN3CC(P)C3)cc2C)cc(C)c1F. The number of rotatable bonds is 8. The number of halogens is 1. The highest BCUT2D eigenvalue weighted by molar-refractivity contribution is 7.17. The van der Waals surface area contributed by atoms with Gasteiger partial charge in [0.15, 0.2) is 0 Å². The molecule has 1 saturated heterocycles. The van der Waals surface area contributed by atoms with E-state index in [0.29, 0.717) is 11.2 Å². The van der Waals surface area contributed by atoms with E-state index >= 15 is 4.39 Å². The fraction of sp³-hybridized carbons (Fsp3) is 0.517. The second-order valence-corrected chi connectivity index (χ2v) is 11.9. The third-order valence-corrected chi connectivity index (χ3v) is 6.72. The Morgan fingerprint density at radius 2 is 1.73 bits per heavy atom. The summed E-state index contributed by atoms with van der Waals surface area (Å²) in [5.41, 5.74) is 5.88. The Hall–Kier alpha value is -2.50. The van der Waals surface area contributed by atoms with Crippen molar-refractivity contribution in [3.8, 4) is 11.1 Å². The van der Waals surface area contributed by atoms with Crippen LogP contribution in [0.1, 0.15) is 68.0 Å². The maximum absolute atomic E-state index is 15.5. The largest absolute Gasteiger partial charge is 0.466 e. The quantitative estimate of drug-likeness (QED) is 0.335. The number of hydrogen-bond donors (Lipinski definition) is 1. The van der Waals surface area contributed by atoms with Crippen LogP contribution in [0.5, 0.6) is 0 Å². The molecule has 6 nitrogen and oxygen atoms in total. The molecular weight excluding hydrogens is 490 g/mol. The predicted molar refractivity (Wildman–Crippen MR) is 148 cm³/mol. The molecule has 1 amide bonds. The summed E-state index contributed by atoms with van der Waals surface area (Å²) < 4.78 is 26.0. The molecule has 2 atom stereocenters. The van der Waals surface area contributed by atoms with Gasteiger partial charge in [-0.15, -0.1) is 9.24 Å². The zero-order chi connectivity index (χ0) is 27.5. The topological polar surface area (TPSA) is 67.9 Å². The van der Waals surface area contributed by atoms with Crippen LogP contribution < -0.4 is 5.32 Å². The van der Waals surface area contributed by atoms with E-state index in [1.54, 1.807) is 40.7 Å². The predicted octanol–water partition coefficient (Wildman–Crippen LogP) is 6.00. The normalized spacial score (nSPS) is 15.2. The van der Waals surface area contributed by atoms with Crippen LogP contribution in [0.3, 0.4) is 0 Å². The molecule has 1 unspecified atom stereocenters. The van der Waals surface area contributed by atoms with Crippen molar-refractivity contribution in [3.05, 3.63) is 57.9 Å². The van der Waals surface area contributed by atoms with E-state index in [9.17, 15) is 9.59 Å². The van der Waals surface area contributed by atoms with Gasteiger partial charge in [-0.3, -0.25) is 9.69 Å². The number of carbonyl (C=O) groups excluding carboxylic acids is 2. The van der Waals surface area contributed by atoms with Crippen molar-refractivity contribution >= 4 is 21.3 Å². The van der Waals surface area contributed by atoms with Crippen LogP contribution in [0.15, 0.2) is 24.3 Å². The molecule has 202 valence electrons. The van der Waals surface area contributed by atoms with Gasteiger partial charge in [-0.1, -0.05) is 12.1 Å². The first-order valence-electron chi connectivity index (χ1n) is 12.8. The molecule has 1 aliphatic heterocycles. The van der Waals surface area contributed by atoms with Gasteiger partial charge in [0.1, 0.15) is 11.4 Å². The zero-order valence-electron chi connectivity index (χ0n) is 23.0. The standard InChI is InChI=1S/C29H40FN2O4P/c1-8-35-25(33)13-24(31-28(34)36-29(5,6)7)23-12-21(11-19(4)27(23)30)26-17(2)9-20(10-18(26)3)14-32-15-22(37)16-32/h9-12,22,24H,8,13-16,37H2,1-7H3,(H,31,34)/t24-/m0/s1. The summed E-state index contributed by atoms with van der Waals surface area (Å²) in [6.45, 7) is 16.0. The Labute approximate surface area is 222 Å². The van der Waals surface area contributed by atoms with Crippen LogP contribution in [0.2, 0.25) is 0 Å². The van der Waals surface area contributed by atoms with E-state index in [1.165, 1.54) is 5.56 Å². The minimum atomic E-state index is -0.946. The first-order chi connectivity index (χ1) is 17.3. The molecule has 1 heterocycles. The smallest absolute Gasteiger partial charge is 0.408 e. The molecule has 0 saturated carbocycles. The zero-order valence-corrected chi connectivity index (χ0v) is 24.2. The summed E-state index contributed by atoms with van der Waals surface area (Å²) in [6, 6.07) is 6.97. The molecule has 0 aromatic heterocycles. The number of nitrogens with zero attached hydrogens (tertiary/aromatic N) is 1. The summed E-state index contributed by atoms with van der Waals surface area (Å²) in [6.07, 6.45) is -0.934. The molecule has 1 aliphatic rings. The Balaban J connectivity index is 1.98. The maximum atomic E-state index is 15.5. The van der Waals surface area contributed by atoms with E-state index in [0.717, 1.165) is 41.9 Å². The summed E-state index contributed by atoms with van der Waals surface area (Å²) >= 11 is 0. The van der Waals surface area contributed by atoms with Gasteiger partial charge in [0.25, 0.3) is 0 Å². The molecule has 3 rings (SSSR count). The van der Waals surface area contributed by atoms with E-state index in [-0.39, 0.29) is 18.6 Å². The number of benzene rings is 2. The monoisotopic (exact) mass is 530 g/mol. The van der Waals surface area contributed by atoms with Gasteiger partial charge in [-0.05, 0) is 99.6 Å². The minimum absolute atomic E-state index is 0.194. The van der Waals surface area contributed by atoms with Crippen molar-refractivity contribution in [2.24, 2.45) is 0 Å². The summed E-state index contributed by atoms with van der Waals surface area (Å²) in [4.78, 5) is 27.4. The van der Waals surface area contributed by atoms with Gasteiger partial charge >= 0.3 is 12.1 Å². The molecule has 0 spiro atoms.